The lowest BCUT2D eigenvalue weighted by Gasteiger charge is -2.34. The molecule has 146 valence electrons. The minimum atomic E-state index is -0.0228. The van der Waals surface area contributed by atoms with Gasteiger partial charge < -0.3 is 15.1 Å². The Morgan fingerprint density at radius 3 is 2.57 bits per heavy atom. The summed E-state index contributed by atoms with van der Waals surface area (Å²) in [6.07, 6.45) is 0. The number of carbonyl (C=O) groups is 1. The molecule has 1 N–H and O–H groups in total. The lowest BCUT2D eigenvalue weighted by Crippen LogP contribution is -2.51. The van der Waals surface area contributed by atoms with Crippen LogP contribution in [0.3, 0.4) is 0 Å². The minimum Gasteiger partial charge on any atom is -0.345 e. The molecule has 3 aromatic rings. The summed E-state index contributed by atoms with van der Waals surface area (Å²) in [6, 6.07) is 11.9. The summed E-state index contributed by atoms with van der Waals surface area (Å²) in [5.74, 6) is 0. The first-order valence-corrected chi connectivity index (χ1v) is 10.6. The van der Waals surface area contributed by atoms with E-state index in [2.05, 4.69) is 36.2 Å². The molecule has 0 atom stereocenters. The monoisotopic (exact) mass is 414 g/mol. The van der Waals surface area contributed by atoms with Crippen LogP contribution in [0.1, 0.15) is 16.7 Å². The summed E-state index contributed by atoms with van der Waals surface area (Å²) in [4.78, 5) is 21.5. The van der Waals surface area contributed by atoms with Crippen LogP contribution in [0, 0.1) is 13.8 Å². The maximum Gasteiger partial charge on any atom is 0.317 e. The van der Waals surface area contributed by atoms with Gasteiger partial charge in [0.15, 0.2) is 5.13 Å². The Balaban J connectivity index is 1.34. The van der Waals surface area contributed by atoms with Gasteiger partial charge in [0.2, 0.25) is 0 Å². The molecule has 0 bridgehead atoms. The number of halogens is 1. The summed E-state index contributed by atoms with van der Waals surface area (Å²) < 4.78 is 1.23. The quantitative estimate of drug-likeness (QED) is 0.681. The van der Waals surface area contributed by atoms with E-state index in [-0.39, 0.29) is 6.03 Å². The van der Waals surface area contributed by atoms with Crippen molar-refractivity contribution in [3.8, 4) is 0 Å². The molecule has 1 saturated heterocycles. The number of carbonyl (C=O) groups excluding carboxylic acids is 1. The van der Waals surface area contributed by atoms with Crippen LogP contribution in [-0.2, 0) is 6.54 Å². The van der Waals surface area contributed by atoms with E-state index in [0.29, 0.717) is 24.7 Å². The van der Waals surface area contributed by atoms with Crippen LogP contribution in [0.2, 0.25) is 5.02 Å². The van der Waals surface area contributed by atoms with E-state index in [0.717, 1.165) is 29.3 Å². The van der Waals surface area contributed by atoms with Gasteiger partial charge >= 0.3 is 6.03 Å². The normalized spacial score (nSPS) is 14.5. The number of aryl methyl sites for hydroxylation is 2. The second-order valence-corrected chi connectivity index (χ2v) is 8.63. The third-order valence-electron chi connectivity index (χ3n) is 5.01. The van der Waals surface area contributed by atoms with Crippen LogP contribution in [0.4, 0.5) is 9.93 Å². The lowest BCUT2D eigenvalue weighted by molar-refractivity contribution is 0.194. The largest absolute Gasteiger partial charge is 0.345 e. The number of hydrogen-bond acceptors (Lipinski definition) is 4. The highest BCUT2D eigenvalue weighted by Gasteiger charge is 2.23. The molecule has 0 unspecified atom stereocenters. The van der Waals surface area contributed by atoms with Gasteiger partial charge in [-0.25, -0.2) is 9.78 Å². The van der Waals surface area contributed by atoms with E-state index in [1.54, 1.807) is 11.3 Å². The van der Waals surface area contributed by atoms with Crippen molar-refractivity contribution in [1.82, 2.24) is 15.2 Å². The molecule has 1 aliphatic rings. The van der Waals surface area contributed by atoms with Crippen LogP contribution >= 0.6 is 22.9 Å². The highest BCUT2D eigenvalue weighted by atomic mass is 35.5. The summed E-state index contributed by atoms with van der Waals surface area (Å²) in [6.45, 7) is 7.72. The molecule has 0 saturated carbocycles. The number of fused-ring (bicyclic) bond motifs is 1. The maximum atomic E-state index is 12.5. The topological polar surface area (TPSA) is 48.5 Å². The fourth-order valence-electron chi connectivity index (χ4n) is 3.49. The number of urea groups is 1. The third kappa shape index (κ3) is 4.08. The first-order valence-electron chi connectivity index (χ1n) is 9.39. The van der Waals surface area contributed by atoms with Crippen molar-refractivity contribution in [3.63, 3.8) is 0 Å². The fourth-order valence-corrected chi connectivity index (χ4v) is 4.81. The number of rotatable bonds is 3. The van der Waals surface area contributed by atoms with E-state index in [4.69, 9.17) is 16.6 Å². The van der Waals surface area contributed by atoms with Gasteiger partial charge in [0.05, 0.1) is 10.2 Å². The molecule has 2 aromatic carbocycles. The van der Waals surface area contributed by atoms with Gasteiger partial charge in [-0.1, -0.05) is 41.1 Å². The van der Waals surface area contributed by atoms with Gasteiger partial charge in [0, 0.05) is 37.7 Å². The molecule has 1 aliphatic heterocycles. The van der Waals surface area contributed by atoms with E-state index in [1.807, 2.05) is 29.2 Å². The van der Waals surface area contributed by atoms with Gasteiger partial charge in [-0.2, -0.15) is 0 Å². The first-order chi connectivity index (χ1) is 13.5. The molecule has 0 radical (unpaired) electrons. The molecule has 7 heteroatoms. The van der Waals surface area contributed by atoms with Crippen molar-refractivity contribution in [2.45, 2.75) is 20.4 Å². The first kappa shape index (κ1) is 19.0. The average molecular weight is 415 g/mol. The molecule has 5 nitrogen and oxygen atoms in total. The van der Waals surface area contributed by atoms with E-state index < -0.39 is 0 Å². The molecular formula is C21H23ClN4OS. The van der Waals surface area contributed by atoms with Crippen LogP contribution in [0.15, 0.2) is 36.4 Å². The number of piperazine rings is 1. The van der Waals surface area contributed by atoms with Crippen molar-refractivity contribution >= 4 is 44.3 Å². The molecule has 0 spiro atoms. The van der Waals surface area contributed by atoms with Crippen molar-refractivity contribution in [2.24, 2.45) is 0 Å². The lowest BCUT2D eigenvalue weighted by atomic mass is 10.1. The fraction of sp³-hybridized carbons (Fsp3) is 0.333. The predicted octanol–water partition coefficient (Wildman–Crippen LogP) is 4.60. The van der Waals surface area contributed by atoms with Crippen molar-refractivity contribution < 1.29 is 4.79 Å². The number of nitrogens with zero attached hydrogens (tertiary/aromatic N) is 3. The Morgan fingerprint density at radius 2 is 1.86 bits per heavy atom. The SMILES string of the molecule is Cc1cc(C)c2nc(N3CCN(C(=O)NCc4ccc(Cl)cc4)CC3)sc2c1. The number of thiazole rings is 1. The van der Waals surface area contributed by atoms with Crippen molar-refractivity contribution in [3.05, 3.63) is 58.1 Å². The van der Waals surface area contributed by atoms with Crippen LogP contribution < -0.4 is 10.2 Å². The Hall–Kier alpha value is -2.31. The summed E-state index contributed by atoms with van der Waals surface area (Å²) >= 11 is 7.63. The Bertz CT molecular complexity index is 994. The van der Waals surface area contributed by atoms with Crippen LogP contribution in [-0.4, -0.2) is 42.1 Å². The second-order valence-electron chi connectivity index (χ2n) is 7.18. The second kappa shape index (κ2) is 7.97. The maximum absolute atomic E-state index is 12.5. The number of hydrogen-bond donors (Lipinski definition) is 1. The summed E-state index contributed by atoms with van der Waals surface area (Å²) in [7, 11) is 0. The van der Waals surface area contributed by atoms with Crippen LogP contribution in [0.25, 0.3) is 10.2 Å². The zero-order chi connectivity index (χ0) is 19.7. The Morgan fingerprint density at radius 1 is 1.14 bits per heavy atom. The Kier molecular flexibility index (Phi) is 5.42. The average Bonchev–Trinajstić information content (AvgIpc) is 3.12. The number of aromatic nitrogens is 1. The van der Waals surface area contributed by atoms with Crippen molar-refractivity contribution in [2.75, 3.05) is 31.1 Å². The smallest absolute Gasteiger partial charge is 0.317 e. The van der Waals surface area contributed by atoms with Gasteiger partial charge in [-0.05, 0) is 48.7 Å². The molecule has 1 aromatic heterocycles. The number of anilines is 1. The molecule has 4 rings (SSSR count). The zero-order valence-electron chi connectivity index (χ0n) is 16.0. The summed E-state index contributed by atoms with van der Waals surface area (Å²) in [5, 5.41) is 4.74. The summed E-state index contributed by atoms with van der Waals surface area (Å²) in [5.41, 5.74) is 4.62. The molecular weight excluding hydrogens is 392 g/mol. The minimum absolute atomic E-state index is 0.0228. The van der Waals surface area contributed by atoms with Gasteiger partial charge in [0.1, 0.15) is 0 Å². The molecule has 0 aliphatic carbocycles. The van der Waals surface area contributed by atoms with E-state index in [9.17, 15) is 4.79 Å². The molecule has 2 amide bonds. The van der Waals surface area contributed by atoms with Gasteiger partial charge in [-0.3, -0.25) is 0 Å². The molecule has 1 fully saturated rings. The molecule has 2 heterocycles. The van der Waals surface area contributed by atoms with Gasteiger partial charge in [-0.15, -0.1) is 0 Å². The highest BCUT2D eigenvalue weighted by Crippen LogP contribution is 2.32. The highest BCUT2D eigenvalue weighted by molar-refractivity contribution is 7.22. The number of nitrogens with one attached hydrogen (secondary N) is 1. The standard InChI is InChI=1S/C21H23ClN4OS/c1-14-11-15(2)19-18(12-14)28-21(24-19)26-9-7-25(8-10-26)20(27)23-13-16-3-5-17(22)6-4-16/h3-6,11-12H,7-10,13H2,1-2H3,(H,23,27). The Labute approximate surface area is 173 Å². The number of benzene rings is 2. The predicted molar refractivity (Wildman–Crippen MR) is 117 cm³/mol. The number of amides is 2. The van der Waals surface area contributed by atoms with Crippen molar-refractivity contribution in [1.29, 1.82) is 0 Å². The van der Waals surface area contributed by atoms with Gasteiger partial charge in [0.25, 0.3) is 0 Å². The van der Waals surface area contributed by atoms with E-state index in [1.165, 1.54) is 15.8 Å². The molecule has 28 heavy (non-hydrogen) atoms. The third-order valence-corrected chi connectivity index (χ3v) is 6.33. The van der Waals surface area contributed by atoms with Crippen LogP contribution in [0.5, 0.6) is 0 Å². The zero-order valence-corrected chi connectivity index (χ0v) is 17.6. The van der Waals surface area contributed by atoms with E-state index >= 15 is 0 Å².